The van der Waals surface area contributed by atoms with Crippen molar-refractivity contribution in [3.63, 3.8) is 0 Å². The summed E-state index contributed by atoms with van der Waals surface area (Å²) in [5.74, 6) is 1.59. The van der Waals surface area contributed by atoms with Crippen LogP contribution in [-0.2, 0) is 9.53 Å². The van der Waals surface area contributed by atoms with Gasteiger partial charge in [-0.1, -0.05) is 5.92 Å². The average molecular weight is 240 g/mol. The van der Waals surface area contributed by atoms with Gasteiger partial charge in [-0.3, -0.25) is 0 Å². The zero-order chi connectivity index (χ0) is 7.11. The summed E-state index contributed by atoms with van der Waals surface area (Å²) in [6, 6.07) is 0. The van der Waals surface area contributed by atoms with Crippen LogP contribution >= 0.6 is 22.6 Å². The van der Waals surface area contributed by atoms with E-state index in [1.165, 1.54) is 0 Å². The van der Waals surface area contributed by atoms with Gasteiger partial charge in [0.25, 0.3) is 0 Å². The SMILES string of the molecule is O=C(O)COCC#CI. The number of rotatable bonds is 3. The van der Waals surface area contributed by atoms with Crippen LogP contribution in [0.2, 0.25) is 0 Å². The molecule has 0 fully saturated rings. The molecule has 3 nitrogen and oxygen atoms in total. The summed E-state index contributed by atoms with van der Waals surface area (Å²) >= 11 is 1.86. The Bertz CT molecular complexity index is 144. The molecule has 4 heteroatoms. The fourth-order valence-electron chi connectivity index (χ4n) is 0.217. The van der Waals surface area contributed by atoms with Gasteiger partial charge in [0.05, 0.1) is 0 Å². The zero-order valence-electron chi connectivity index (χ0n) is 4.56. The molecule has 0 aliphatic carbocycles. The maximum absolute atomic E-state index is 9.79. The van der Waals surface area contributed by atoms with Crippen molar-refractivity contribution in [3.05, 3.63) is 0 Å². The summed E-state index contributed by atoms with van der Waals surface area (Å²) in [5, 5.41) is 8.04. The first-order valence-electron chi connectivity index (χ1n) is 2.15. The molecule has 0 aromatic heterocycles. The Labute approximate surface area is 66.5 Å². The molecular weight excluding hydrogens is 235 g/mol. The van der Waals surface area contributed by atoms with Gasteiger partial charge in [-0.2, -0.15) is 0 Å². The minimum absolute atomic E-state index is 0.190. The predicted octanol–water partition coefficient (Wildman–Crippen LogP) is 0.484. The Hall–Kier alpha value is -0.280. The minimum atomic E-state index is -0.967. The van der Waals surface area contributed by atoms with Crippen molar-refractivity contribution in [2.45, 2.75) is 0 Å². The Kier molecular flexibility index (Phi) is 5.67. The van der Waals surface area contributed by atoms with Crippen LogP contribution in [0, 0.1) is 9.85 Å². The molecule has 0 unspecified atom stereocenters. The highest BCUT2D eigenvalue weighted by atomic mass is 127. The van der Waals surface area contributed by atoms with E-state index in [1.54, 1.807) is 0 Å². The van der Waals surface area contributed by atoms with E-state index in [2.05, 4.69) is 14.6 Å². The predicted molar refractivity (Wildman–Crippen MR) is 40.3 cm³/mol. The van der Waals surface area contributed by atoms with Gasteiger partial charge in [0.15, 0.2) is 0 Å². The molecule has 0 saturated carbocycles. The number of hydrogen-bond acceptors (Lipinski definition) is 2. The molecule has 0 saturated heterocycles. The number of carbonyl (C=O) groups is 1. The van der Waals surface area contributed by atoms with Crippen LogP contribution in [0.5, 0.6) is 0 Å². The standard InChI is InChI=1S/C5H5IO3/c6-2-1-3-9-4-5(7)8/h3-4H2,(H,7,8). The molecule has 0 spiro atoms. The molecule has 0 atom stereocenters. The van der Waals surface area contributed by atoms with Crippen LogP contribution in [0.4, 0.5) is 0 Å². The van der Waals surface area contributed by atoms with Crippen molar-refractivity contribution in [3.8, 4) is 9.85 Å². The van der Waals surface area contributed by atoms with Gasteiger partial charge in [-0.25, -0.2) is 4.79 Å². The van der Waals surface area contributed by atoms with Gasteiger partial charge in [0.1, 0.15) is 13.2 Å². The highest BCUT2D eigenvalue weighted by Crippen LogP contribution is 1.74. The number of ether oxygens (including phenoxy) is 1. The first kappa shape index (κ1) is 8.72. The molecule has 50 valence electrons. The summed E-state index contributed by atoms with van der Waals surface area (Å²) < 4.78 is 7.10. The average Bonchev–Trinajstić information content (AvgIpc) is 1.80. The normalized spacial score (nSPS) is 7.67. The van der Waals surface area contributed by atoms with E-state index in [4.69, 9.17) is 5.11 Å². The van der Waals surface area contributed by atoms with Gasteiger partial charge >= 0.3 is 5.97 Å². The van der Waals surface area contributed by atoms with E-state index in [9.17, 15) is 4.79 Å². The van der Waals surface area contributed by atoms with E-state index in [1.807, 2.05) is 22.6 Å². The maximum Gasteiger partial charge on any atom is 0.329 e. The summed E-state index contributed by atoms with van der Waals surface area (Å²) in [6.07, 6.45) is 0. The van der Waals surface area contributed by atoms with Crippen molar-refractivity contribution >= 4 is 28.6 Å². The Morgan fingerprint density at radius 3 is 2.89 bits per heavy atom. The lowest BCUT2D eigenvalue weighted by molar-refractivity contribution is -0.141. The van der Waals surface area contributed by atoms with E-state index in [0.717, 1.165) is 0 Å². The van der Waals surface area contributed by atoms with Crippen molar-refractivity contribution in [2.24, 2.45) is 0 Å². The van der Waals surface area contributed by atoms with Crippen LogP contribution in [0.1, 0.15) is 0 Å². The molecule has 9 heavy (non-hydrogen) atoms. The Morgan fingerprint density at radius 1 is 1.78 bits per heavy atom. The number of carboxylic acid groups (broad SMARTS) is 1. The lowest BCUT2D eigenvalue weighted by atomic mass is 10.7. The van der Waals surface area contributed by atoms with Crippen LogP contribution in [0.3, 0.4) is 0 Å². The molecule has 0 bridgehead atoms. The second-order valence-corrected chi connectivity index (χ2v) is 1.70. The quantitative estimate of drug-likeness (QED) is 0.443. The number of aliphatic carboxylic acids is 1. The molecule has 0 heterocycles. The van der Waals surface area contributed by atoms with E-state index in [-0.39, 0.29) is 13.2 Å². The molecule has 0 aromatic carbocycles. The van der Waals surface area contributed by atoms with E-state index < -0.39 is 5.97 Å². The molecule has 1 N–H and O–H groups in total. The third-order valence-corrected chi connectivity index (χ3v) is 0.848. The van der Waals surface area contributed by atoms with Crippen molar-refractivity contribution in [1.82, 2.24) is 0 Å². The molecule has 0 amide bonds. The van der Waals surface area contributed by atoms with Crippen LogP contribution < -0.4 is 0 Å². The molecule has 0 radical (unpaired) electrons. The van der Waals surface area contributed by atoms with Crippen LogP contribution in [0.25, 0.3) is 0 Å². The second-order valence-electron chi connectivity index (χ2n) is 1.16. The number of halogens is 1. The van der Waals surface area contributed by atoms with Gasteiger partial charge in [0, 0.05) is 22.6 Å². The second kappa shape index (κ2) is 5.85. The monoisotopic (exact) mass is 240 g/mol. The lowest BCUT2D eigenvalue weighted by Gasteiger charge is -1.90. The summed E-state index contributed by atoms with van der Waals surface area (Å²) in [5.41, 5.74) is 0. The van der Waals surface area contributed by atoms with E-state index in [0.29, 0.717) is 0 Å². The highest BCUT2D eigenvalue weighted by molar-refractivity contribution is 14.1. The third kappa shape index (κ3) is 7.72. The van der Waals surface area contributed by atoms with Gasteiger partial charge < -0.3 is 9.84 Å². The first-order chi connectivity index (χ1) is 4.27. The van der Waals surface area contributed by atoms with Crippen LogP contribution in [0.15, 0.2) is 0 Å². The summed E-state index contributed by atoms with van der Waals surface area (Å²) in [4.78, 5) is 9.79. The largest absolute Gasteiger partial charge is 0.480 e. The number of hydrogen-bond donors (Lipinski definition) is 1. The first-order valence-corrected chi connectivity index (χ1v) is 3.23. The molecule has 0 aliphatic heterocycles. The maximum atomic E-state index is 9.79. The highest BCUT2D eigenvalue weighted by Gasteiger charge is 1.91. The Balaban J connectivity index is 3.07. The molecular formula is C5H5IO3. The van der Waals surface area contributed by atoms with Gasteiger partial charge in [-0.15, -0.1) is 0 Å². The summed E-state index contributed by atoms with van der Waals surface area (Å²) in [7, 11) is 0. The molecule has 0 aliphatic rings. The fraction of sp³-hybridized carbons (Fsp3) is 0.400. The van der Waals surface area contributed by atoms with Crippen molar-refractivity contribution in [1.29, 1.82) is 0 Å². The van der Waals surface area contributed by atoms with Crippen LogP contribution in [-0.4, -0.2) is 24.3 Å². The van der Waals surface area contributed by atoms with Crippen molar-refractivity contribution in [2.75, 3.05) is 13.2 Å². The zero-order valence-corrected chi connectivity index (χ0v) is 6.71. The molecule has 0 aromatic rings. The Morgan fingerprint density at radius 2 is 2.44 bits per heavy atom. The van der Waals surface area contributed by atoms with Gasteiger partial charge in [0.2, 0.25) is 0 Å². The van der Waals surface area contributed by atoms with E-state index >= 15 is 0 Å². The number of carboxylic acids is 1. The smallest absolute Gasteiger partial charge is 0.329 e. The topological polar surface area (TPSA) is 46.5 Å². The fourth-order valence-corrected chi connectivity index (χ4v) is 0.372. The summed E-state index contributed by atoms with van der Waals surface area (Å²) in [6.45, 7) is -0.0828. The van der Waals surface area contributed by atoms with Crippen molar-refractivity contribution < 1.29 is 14.6 Å². The lowest BCUT2D eigenvalue weighted by Crippen LogP contribution is -2.06. The molecule has 0 rings (SSSR count). The minimum Gasteiger partial charge on any atom is -0.480 e. The third-order valence-electron chi connectivity index (χ3n) is 0.467. The van der Waals surface area contributed by atoms with Gasteiger partial charge in [-0.05, 0) is 3.93 Å².